The van der Waals surface area contributed by atoms with Crippen LogP contribution in [-0.2, 0) is 6.42 Å². The molecule has 0 fully saturated rings. The van der Waals surface area contributed by atoms with Gasteiger partial charge in [-0.2, -0.15) is 0 Å². The van der Waals surface area contributed by atoms with Crippen molar-refractivity contribution >= 4 is 10.8 Å². The van der Waals surface area contributed by atoms with Gasteiger partial charge in [-0.1, -0.05) is 44.9 Å². The fourth-order valence-electron chi connectivity index (χ4n) is 1.98. The maximum absolute atomic E-state index is 13.8. The van der Waals surface area contributed by atoms with Crippen LogP contribution in [0.2, 0.25) is 0 Å². The molecule has 2 rings (SSSR count). The molecule has 0 amide bonds. The van der Waals surface area contributed by atoms with E-state index < -0.39 is 17.3 Å². The van der Waals surface area contributed by atoms with Gasteiger partial charge in [-0.05, 0) is 12.0 Å². The van der Waals surface area contributed by atoms with Crippen molar-refractivity contribution in [3.63, 3.8) is 0 Å². The van der Waals surface area contributed by atoms with Crippen molar-refractivity contribution in [1.29, 1.82) is 0 Å². The van der Waals surface area contributed by atoms with Crippen LogP contribution in [0, 0.1) is 18.2 Å². The van der Waals surface area contributed by atoms with Gasteiger partial charge in [0.05, 0.1) is 5.56 Å². The normalized spacial score (nSPS) is 9.63. The standard InChI is InChI=1S/C14H11FO2.C2H6/c1-3-8-6-5-7-10-11(8)9(4-2)12(15)14(17)13(10)16;1-2/h2,5-7,16-17H,3H2,1H3;1-2H3. The van der Waals surface area contributed by atoms with Crippen LogP contribution in [0.4, 0.5) is 4.39 Å². The van der Waals surface area contributed by atoms with E-state index >= 15 is 0 Å². The summed E-state index contributed by atoms with van der Waals surface area (Å²) in [6.45, 7) is 5.91. The Balaban J connectivity index is 0.000000861. The van der Waals surface area contributed by atoms with Crippen molar-refractivity contribution in [3.8, 4) is 23.8 Å². The smallest absolute Gasteiger partial charge is 0.196 e. The number of benzene rings is 2. The number of fused-ring (bicyclic) bond motifs is 1. The molecule has 0 aliphatic heterocycles. The highest BCUT2D eigenvalue weighted by Gasteiger charge is 2.19. The Bertz CT molecular complexity index is 639. The Morgan fingerprint density at radius 3 is 2.37 bits per heavy atom. The zero-order valence-corrected chi connectivity index (χ0v) is 11.3. The zero-order valence-electron chi connectivity index (χ0n) is 11.3. The molecule has 0 aromatic heterocycles. The Hall–Kier alpha value is -2.21. The summed E-state index contributed by atoms with van der Waals surface area (Å²) < 4.78 is 13.8. The molecule has 2 aromatic rings. The number of terminal acetylenes is 1. The van der Waals surface area contributed by atoms with E-state index in [4.69, 9.17) is 6.42 Å². The molecule has 0 bridgehead atoms. The first kappa shape index (κ1) is 14.8. The van der Waals surface area contributed by atoms with Gasteiger partial charge in [0.25, 0.3) is 0 Å². The topological polar surface area (TPSA) is 40.5 Å². The van der Waals surface area contributed by atoms with Gasteiger partial charge in [-0.3, -0.25) is 0 Å². The van der Waals surface area contributed by atoms with Crippen molar-refractivity contribution in [1.82, 2.24) is 0 Å². The van der Waals surface area contributed by atoms with E-state index in [-0.39, 0.29) is 5.56 Å². The molecule has 0 aliphatic carbocycles. The van der Waals surface area contributed by atoms with E-state index in [1.807, 2.05) is 26.8 Å². The van der Waals surface area contributed by atoms with Gasteiger partial charge < -0.3 is 10.2 Å². The van der Waals surface area contributed by atoms with E-state index in [0.29, 0.717) is 17.2 Å². The Labute approximate surface area is 112 Å². The molecular formula is C16H17FO2. The van der Waals surface area contributed by atoms with Crippen molar-refractivity contribution in [2.24, 2.45) is 0 Å². The van der Waals surface area contributed by atoms with Crippen LogP contribution in [0.1, 0.15) is 31.9 Å². The minimum Gasteiger partial charge on any atom is -0.504 e. The highest BCUT2D eigenvalue weighted by atomic mass is 19.1. The van der Waals surface area contributed by atoms with Gasteiger partial charge in [0.2, 0.25) is 0 Å². The molecule has 0 spiro atoms. The quantitative estimate of drug-likeness (QED) is 0.602. The molecule has 3 heteroatoms. The monoisotopic (exact) mass is 260 g/mol. The SMILES string of the molecule is C#Cc1c(F)c(O)c(O)c2cccc(CC)c12.CC. The predicted octanol–water partition coefficient (Wildman–Crippen LogP) is 3.96. The van der Waals surface area contributed by atoms with Crippen molar-refractivity contribution < 1.29 is 14.6 Å². The first-order valence-electron chi connectivity index (χ1n) is 6.23. The van der Waals surface area contributed by atoms with E-state index in [9.17, 15) is 14.6 Å². The molecule has 0 saturated carbocycles. The molecular weight excluding hydrogens is 243 g/mol. The van der Waals surface area contributed by atoms with Crippen LogP contribution >= 0.6 is 0 Å². The minimum absolute atomic E-state index is 0.00671. The third-order valence-corrected chi connectivity index (χ3v) is 2.83. The summed E-state index contributed by atoms with van der Waals surface area (Å²) >= 11 is 0. The van der Waals surface area contributed by atoms with Crippen LogP contribution in [-0.4, -0.2) is 10.2 Å². The summed E-state index contributed by atoms with van der Waals surface area (Å²) in [6, 6.07) is 5.15. The fraction of sp³-hybridized carbons (Fsp3) is 0.250. The van der Waals surface area contributed by atoms with Crippen LogP contribution in [0.25, 0.3) is 10.8 Å². The van der Waals surface area contributed by atoms with Crippen LogP contribution < -0.4 is 0 Å². The van der Waals surface area contributed by atoms with Crippen molar-refractivity contribution in [3.05, 3.63) is 35.1 Å². The average molecular weight is 260 g/mol. The maximum atomic E-state index is 13.8. The molecule has 0 saturated heterocycles. The zero-order chi connectivity index (χ0) is 14.6. The molecule has 2 N–H and O–H groups in total. The van der Waals surface area contributed by atoms with Gasteiger partial charge in [-0.15, -0.1) is 6.42 Å². The third kappa shape index (κ3) is 2.34. The fourth-order valence-corrected chi connectivity index (χ4v) is 1.98. The number of aryl methyl sites for hydroxylation is 1. The summed E-state index contributed by atoms with van der Waals surface area (Å²) in [4.78, 5) is 0. The van der Waals surface area contributed by atoms with Gasteiger partial charge in [0, 0.05) is 10.8 Å². The molecule has 0 radical (unpaired) electrons. The molecule has 0 unspecified atom stereocenters. The lowest BCUT2D eigenvalue weighted by Gasteiger charge is -2.11. The number of phenols is 2. The average Bonchev–Trinajstić information content (AvgIpc) is 2.47. The minimum atomic E-state index is -0.946. The Kier molecular flexibility index (Phi) is 4.77. The van der Waals surface area contributed by atoms with Crippen LogP contribution in [0.3, 0.4) is 0 Å². The highest BCUT2D eigenvalue weighted by molar-refractivity contribution is 5.97. The van der Waals surface area contributed by atoms with E-state index in [1.54, 1.807) is 12.1 Å². The van der Waals surface area contributed by atoms with E-state index in [2.05, 4.69) is 5.92 Å². The molecule has 2 nitrogen and oxygen atoms in total. The van der Waals surface area contributed by atoms with Gasteiger partial charge in [0.1, 0.15) is 0 Å². The largest absolute Gasteiger partial charge is 0.504 e. The first-order valence-corrected chi connectivity index (χ1v) is 6.23. The second-order valence-electron chi connectivity index (χ2n) is 3.72. The predicted molar refractivity (Wildman–Crippen MR) is 75.9 cm³/mol. The molecule has 0 heterocycles. The lowest BCUT2D eigenvalue weighted by atomic mass is 9.96. The van der Waals surface area contributed by atoms with Crippen molar-refractivity contribution in [2.45, 2.75) is 27.2 Å². The van der Waals surface area contributed by atoms with E-state index in [1.165, 1.54) is 0 Å². The highest BCUT2D eigenvalue weighted by Crippen LogP contribution is 2.40. The molecule has 0 aliphatic rings. The summed E-state index contributed by atoms with van der Waals surface area (Å²) in [5.74, 6) is 0.0302. The lowest BCUT2D eigenvalue weighted by molar-refractivity contribution is 0.382. The molecule has 19 heavy (non-hydrogen) atoms. The molecule has 0 atom stereocenters. The summed E-state index contributed by atoms with van der Waals surface area (Å²) in [6.07, 6.45) is 5.94. The third-order valence-electron chi connectivity index (χ3n) is 2.83. The lowest BCUT2D eigenvalue weighted by Crippen LogP contribution is -1.93. The number of phenolic OH excluding ortho intramolecular Hbond substituents is 2. The Morgan fingerprint density at radius 1 is 1.21 bits per heavy atom. The number of hydrogen-bond acceptors (Lipinski definition) is 2. The number of rotatable bonds is 1. The second kappa shape index (κ2) is 6.10. The van der Waals surface area contributed by atoms with Crippen LogP contribution in [0.5, 0.6) is 11.5 Å². The Morgan fingerprint density at radius 2 is 1.84 bits per heavy atom. The van der Waals surface area contributed by atoms with Crippen LogP contribution in [0.15, 0.2) is 18.2 Å². The van der Waals surface area contributed by atoms with E-state index in [0.717, 1.165) is 5.56 Å². The maximum Gasteiger partial charge on any atom is 0.196 e. The number of halogens is 1. The summed E-state index contributed by atoms with van der Waals surface area (Å²) in [7, 11) is 0. The number of hydrogen-bond donors (Lipinski definition) is 2. The second-order valence-corrected chi connectivity index (χ2v) is 3.72. The number of aromatic hydroxyl groups is 2. The summed E-state index contributed by atoms with van der Waals surface area (Å²) in [5.41, 5.74) is 0.831. The van der Waals surface area contributed by atoms with Gasteiger partial charge in [0.15, 0.2) is 17.3 Å². The van der Waals surface area contributed by atoms with Crippen molar-refractivity contribution in [2.75, 3.05) is 0 Å². The first-order chi connectivity index (χ1) is 9.11. The van der Waals surface area contributed by atoms with Gasteiger partial charge >= 0.3 is 0 Å². The molecule has 100 valence electrons. The summed E-state index contributed by atoms with van der Waals surface area (Å²) in [5, 5.41) is 20.0. The van der Waals surface area contributed by atoms with Gasteiger partial charge in [-0.25, -0.2) is 4.39 Å². The molecule has 2 aromatic carbocycles.